The Morgan fingerprint density at radius 3 is 2.75 bits per heavy atom. The summed E-state index contributed by atoms with van der Waals surface area (Å²) < 4.78 is 1.71. The first kappa shape index (κ1) is 12.6. The number of rotatable bonds is 2. The topological polar surface area (TPSA) is 55.2 Å². The van der Waals surface area contributed by atoms with Crippen molar-refractivity contribution in [2.24, 2.45) is 7.05 Å². The zero-order valence-corrected chi connectivity index (χ0v) is 11.5. The largest absolute Gasteiger partial charge is 0.331 e. The Kier molecular flexibility index (Phi) is 2.89. The van der Waals surface area contributed by atoms with Gasteiger partial charge in [0.1, 0.15) is 5.69 Å². The molecule has 1 aliphatic heterocycles. The summed E-state index contributed by atoms with van der Waals surface area (Å²) in [5.41, 5.74) is 3.13. The second-order valence-electron chi connectivity index (χ2n) is 5.02. The third-order valence-corrected chi connectivity index (χ3v) is 3.73. The van der Waals surface area contributed by atoms with Crippen LogP contribution in [0.15, 0.2) is 30.7 Å². The van der Waals surface area contributed by atoms with Crippen molar-refractivity contribution in [3.05, 3.63) is 47.5 Å². The van der Waals surface area contributed by atoms with Crippen molar-refractivity contribution < 1.29 is 9.59 Å². The number of nitrogens with zero attached hydrogens (tertiary/aromatic N) is 3. The molecule has 1 aromatic heterocycles. The van der Waals surface area contributed by atoms with E-state index in [4.69, 9.17) is 0 Å². The fraction of sp³-hybridized carbons (Fsp3) is 0.267. The fourth-order valence-electron chi connectivity index (χ4n) is 2.52. The Hall–Kier alpha value is -2.43. The molecule has 1 amide bonds. The standard InChI is InChI=1S/C15H15N3O2/c1-17-9-16-8-13(17)15(20)11-3-5-12-10(7-11)4-6-14(19)18(12)2/h3,5,7-9H,4,6H2,1-2H3. The Morgan fingerprint density at radius 1 is 1.25 bits per heavy atom. The molecule has 1 aromatic carbocycles. The van der Waals surface area contributed by atoms with Crippen LogP contribution in [0.4, 0.5) is 5.69 Å². The van der Waals surface area contributed by atoms with Gasteiger partial charge < -0.3 is 9.47 Å². The average Bonchev–Trinajstić information content (AvgIpc) is 2.88. The van der Waals surface area contributed by atoms with Crippen molar-refractivity contribution in [2.45, 2.75) is 12.8 Å². The lowest BCUT2D eigenvalue weighted by atomic mass is 9.97. The van der Waals surface area contributed by atoms with Gasteiger partial charge in [-0.2, -0.15) is 0 Å². The number of imidazole rings is 1. The predicted octanol–water partition coefficient (Wildman–Crippen LogP) is 1.56. The molecule has 0 bridgehead atoms. The molecule has 0 saturated heterocycles. The van der Waals surface area contributed by atoms with Crippen molar-refractivity contribution in [2.75, 3.05) is 11.9 Å². The summed E-state index contributed by atoms with van der Waals surface area (Å²) in [4.78, 5) is 29.7. The average molecular weight is 269 g/mol. The van der Waals surface area contributed by atoms with E-state index in [0.29, 0.717) is 24.1 Å². The van der Waals surface area contributed by atoms with Gasteiger partial charge in [-0.05, 0) is 30.2 Å². The number of ketones is 1. The molecule has 20 heavy (non-hydrogen) atoms. The van der Waals surface area contributed by atoms with Crippen molar-refractivity contribution in [3.8, 4) is 0 Å². The van der Waals surface area contributed by atoms with Crippen LogP contribution in [0.25, 0.3) is 0 Å². The van der Waals surface area contributed by atoms with Gasteiger partial charge in [0, 0.05) is 31.8 Å². The SMILES string of the molecule is CN1C(=O)CCc2cc(C(=O)c3cncn3C)ccc21. The van der Waals surface area contributed by atoms with Gasteiger partial charge >= 0.3 is 0 Å². The molecular weight excluding hydrogens is 254 g/mol. The number of hydrogen-bond acceptors (Lipinski definition) is 3. The monoisotopic (exact) mass is 269 g/mol. The van der Waals surface area contributed by atoms with Gasteiger partial charge in [-0.1, -0.05) is 0 Å². The van der Waals surface area contributed by atoms with Crippen molar-refractivity contribution in [3.63, 3.8) is 0 Å². The second kappa shape index (κ2) is 4.59. The highest BCUT2D eigenvalue weighted by Crippen LogP contribution is 2.28. The number of anilines is 1. The molecular formula is C15H15N3O2. The minimum atomic E-state index is -0.0487. The predicted molar refractivity (Wildman–Crippen MR) is 74.8 cm³/mol. The lowest BCUT2D eigenvalue weighted by molar-refractivity contribution is -0.118. The molecule has 3 rings (SSSR count). The minimum Gasteiger partial charge on any atom is -0.331 e. The molecule has 0 spiro atoms. The van der Waals surface area contributed by atoms with E-state index in [0.717, 1.165) is 11.3 Å². The van der Waals surface area contributed by atoms with Crippen LogP contribution < -0.4 is 4.90 Å². The van der Waals surface area contributed by atoms with Gasteiger partial charge in [0.25, 0.3) is 0 Å². The normalized spacial score (nSPS) is 14.3. The van der Waals surface area contributed by atoms with Gasteiger partial charge in [0.2, 0.25) is 11.7 Å². The number of fused-ring (bicyclic) bond motifs is 1. The van der Waals surface area contributed by atoms with E-state index in [-0.39, 0.29) is 11.7 Å². The van der Waals surface area contributed by atoms with E-state index in [9.17, 15) is 9.59 Å². The highest BCUT2D eigenvalue weighted by Gasteiger charge is 2.22. The first-order valence-corrected chi connectivity index (χ1v) is 6.48. The summed E-state index contributed by atoms with van der Waals surface area (Å²) in [7, 11) is 3.56. The van der Waals surface area contributed by atoms with E-state index >= 15 is 0 Å². The lowest BCUT2D eigenvalue weighted by Gasteiger charge is -2.26. The van der Waals surface area contributed by atoms with Crippen LogP contribution in [0.1, 0.15) is 28.0 Å². The number of carbonyl (C=O) groups is 2. The summed E-state index contributed by atoms with van der Waals surface area (Å²) >= 11 is 0. The summed E-state index contributed by atoms with van der Waals surface area (Å²) in [6.07, 6.45) is 4.35. The van der Waals surface area contributed by atoms with Crippen LogP contribution in [0, 0.1) is 0 Å². The fourth-order valence-corrected chi connectivity index (χ4v) is 2.52. The number of amides is 1. The molecule has 0 aliphatic carbocycles. The van der Waals surface area contributed by atoms with Crippen LogP contribution in [-0.2, 0) is 18.3 Å². The van der Waals surface area contributed by atoms with Crippen LogP contribution in [0.2, 0.25) is 0 Å². The summed E-state index contributed by atoms with van der Waals surface area (Å²) in [5, 5.41) is 0. The summed E-state index contributed by atoms with van der Waals surface area (Å²) in [6, 6.07) is 5.49. The first-order chi connectivity index (χ1) is 9.58. The molecule has 2 heterocycles. The Morgan fingerprint density at radius 2 is 2.05 bits per heavy atom. The number of hydrogen-bond donors (Lipinski definition) is 0. The molecule has 0 unspecified atom stereocenters. The molecule has 2 aromatic rings. The molecule has 0 radical (unpaired) electrons. The van der Waals surface area contributed by atoms with Crippen molar-refractivity contribution in [1.82, 2.24) is 9.55 Å². The van der Waals surface area contributed by atoms with Gasteiger partial charge in [-0.3, -0.25) is 9.59 Å². The van der Waals surface area contributed by atoms with E-state index < -0.39 is 0 Å². The smallest absolute Gasteiger partial charge is 0.227 e. The number of benzene rings is 1. The van der Waals surface area contributed by atoms with Gasteiger partial charge in [-0.25, -0.2) is 4.98 Å². The maximum Gasteiger partial charge on any atom is 0.227 e. The number of aryl methyl sites for hydroxylation is 2. The van der Waals surface area contributed by atoms with E-state index in [1.165, 1.54) is 0 Å². The molecule has 0 atom stereocenters. The molecule has 5 heteroatoms. The maximum absolute atomic E-state index is 12.4. The number of carbonyl (C=O) groups excluding carboxylic acids is 2. The number of aromatic nitrogens is 2. The second-order valence-corrected chi connectivity index (χ2v) is 5.02. The van der Waals surface area contributed by atoms with Gasteiger partial charge in [0.15, 0.2) is 0 Å². The third kappa shape index (κ3) is 1.91. The molecule has 0 N–H and O–H groups in total. The van der Waals surface area contributed by atoms with E-state index in [1.807, 2.05) is 12.1 Å². The Bertz CT molecular complexity index is 703. The molecule has 1 aliphatic rings. The van der Waals surface area contributed by atoms with Crippen LogP contribution in [0.5, 0.6) is 0 Å². The van der Waals surface area contributed by atoms with E-state index in [2.05, 4.69) is 4.98 Å². The van der Waals surface area contributed by atoms with Gasteiger partial charge in [0.05, 0.1) is 12.5 Å². The summed E-state index contributed by atoms with van der Waals surface area (Å²) in [6.45, 7) is 0. The maximum atomic E-state index is 12.4. The zero-order valence-electron chi connectivity index (χ0n) is 11.5. The van der Waals surface area contributed by atoms with Crippen molar-refractivity contribution >= 4 is 17.4 Å². The van der Waals surface area contributed by atoms with Crippen molar-refractivity contribution in [1.29, 1.82) is 0 Å². The van der Waals surface area contributed by atoms with E-state index in [1.54, 1.807) is 42.2 Å². The van der Waals surface area contributed by atoms with Crippen LogP contribution in [0.3, 0.4) is 0 Å². The van der Waals surface area contributed by atoms with Crippen LogP contribution >= 0.6 is 0 Å². The third-order valence-electron chi connectivity index (χ3n) is 3.73. The molecule has 0 saturated carbocycles. The highest BCUT2D eigenvalue weighted by molar-refractivity contribution is 6.08. The Labute approximate surface area is 116 Å². The summed E-state index contributed by atoms with van der Waals surface area (Å²) in [5.74, 6) is 0.0653. The quantitative estimate of drug-likeness (QED) is 0.777. The Balaban J connectivity index is 1.99. The highest BCUT2D eigenvalue weighted by atomic mass is 16.2. The first-order valence-electron chi connectivity index (χ1n) is 6.48. The zero-order chi connectivity index (χ0) is 14.3. The molecule has 5 nitrogen and oxygen atoms in total. The van der Waals surface area contributed by atoms with Crippen LogP contribution in [-0.4, -0.2) is 28.3 Å². The minimum absolute atomic E-state index is 0.0487. The molecule has 0 fully saturated rings. The van der Waals surface area contributed by atoms with Gasteiger partial charge in [-0.15, -0.1) is 0 Å². The molecule has 102 valence electrons. The lowest BCUT2D eigenvalue weighted by Crippen LogP contribution is -2.31.